The first-order valence-electron chi connectivity index (χ1n) is 5.82. The summed E-state index contributed by atoms with van der Waals surface area (Å²) >= 11 is 0. The van der Waals surface area contributed by atoms with Crippen molar-refractivity contribution in [1.82, 2.24) is 0 Å². The summed E-state index contributed by atoms with van der Waals surface area (Å²) in [5, 5.41) is 8.99. The van der Waals surface area contributed by atoms with E-state index in [1.54, 1.807) is 0 Å². The second-order valence-electron chi connectivity index (χ2n) is 4.17. The van der Waals surface area contributed by atoms with Crippen molar-refractivity contribution in [1.29, 1.82) is 0 Å². The van der Waals surface area contributed by atoms with Crippen LogP contribution in [0.5, 0.6) is 5.75 Å². The molecule has 0 radical (unpaired) electrons. The number of sulfone groups is 1. The SMILES string of the molecule is CCS(=O)(=O)c1ccc(O[C@@H](C)C(F)(F)F)c(C(=O)O)c1. The normalized spacial score (nSPS) is 13.8. The molecule has 9 heteroatoms. The van der Waals surface area contributed by atoms with Gasteiger partial charge in [-0.25, -0.2) is 13.2 Å². The van der Waals surface area contributed by atoms with E-state index in [1.165, 1.54) is 6.92 Å². The maximum atomic E-state index is 12.4. The van der Waals surface area contributed by atoms with Crippen molar-refractivity contribution in [2.75, 3.05) is 5.75 Å². The van der Waals surface area contributed by atoms with E-state index >= 15 is 0 Å². The van der Waals surface area contributed by atoms with Gasteiger partial charge in [0.05, 0.1) is 10.6 Å². The van der Waals surface area contributed by atoms with Crippen molar-refractivity contribution in [3.63, 3.8) is 0 Å². The molecular formula is C12H13F3O5S. The Bertz CT molecular complexity index is 637. The number of ether oxygens (including phenoxy) is 1. The Morgan fingerprint density at radius 1 is 1.38 bits per heavy atom. The molecule has 0 saturated carbocycles. The lowest BCUT2D eigenvalue weighted by Gasteiger charge is -2.19. The van der Waals surface area contributed by atoms with Crippen LogP contribution in [0, 0.1) is 0 Å². The fraction of sp³-hybridized carbons (Fsp3) is 0.417. The highest BCUT2D eigenvalue weighted by atomic mass is 32.2. The monoisotopic (exact) mass is 326 g/mol. The summed E-state index contributed by atoms with van der Waals surface area (Å²) in [6, 6.07) is 2.72. The number of carboxylic acid groups (broad SMARTS) is 1. The summed E-state index contributed by atoms with van der Waals surface area (Å²) in [6.07, 6.45) is -6.88. The molecule has 0 amide bonds. The predicted molar refractivity (Wildman–Crippen MR) is 67.3 cm³/mol. The molecule has 118 valence electrons. The molecule has 0 aliphatic carbocycles. The molecule has 0 aromatic heterocycles. The molecule has 0 fully saturated rings. The maximum Gasteiger partial charge on any atom is 0.425 e. The van der Waals surface area contributed by atoms with Crippen molar-refractivity contribution in [3.05, 3.63) is 23.8 Å². The van der Waals surface area contributed by atoms with Crippen LogP contribution in [0.3, 0.4) is 0 Å². The van der Waals surface area contributed by atoms with E-state index in [-0.39, 0.29) is 10.6 Å². The zero-order valence-corrected chi connectivity index (χ0v) is 12.0. The summed E-state index contributed by atoms with van der Waals surface area (Å²) in [5.74, 6) is -2.37. The van der Waals surface area contributed by atoms with Gasteiger partial charge in [-0.15, -0.1) is 0 Å². The molecule has 5 nitrogen and oxygen atoms in total. The van der Waals surface area contributed by atoms with E-state index in [0.29, 0.717) is 0 Å². The van der Waals surface area contributed by atoms with Gasteiger partial charge in [0.15, 0.2) is 15.9 Å². The van der Waals surface area contributed by atoms with Gasteiger partial charge in [0.25, 0.3) is 0 Å². The molecule has 0 aliphatic heterocycles. The van der Waals surface area contributed by atoms with Crippen molar-refractivity contribution >= 4 is 15.8 Å². The van der Waals surface area contributed by atoms with Crippen LogP contribution in [0.15, 0.2) is 23.1 Å². The van der Waals surface area contributed by atoms with Crippen LogP contribution in [-0.4, -0.2) is 37.5 Å². The Balaban J connectivity index is 3.27. The second kappa shape index (κ2) is 5.92. The largest absolute Gasteiger partial charge is 0.480 e. The van der Waals surface area contributed by atoms with Crippen LogP contribution in [0.25, 0.3) is 0 Å². The molecule has 0 spiro atoms. The number of benzene rings is 1. The van der Waals surface area contributed by atoms with E-state index < -0.39 is 39.4 Å². The van der Waals surface area contributed by atoms with Gasteiger partial charge in [0, 0.05) is 0 Å². The predicted octanol–water partition coefficient (Wildman–Crippen LogP) is 2.51. The summed E-state index contributed by atoms with van der Waals surface area (Å²) in [7, 11) is -3.67. The highest BCUT2D eigenvalue weighted by Crippen LogP contribution is 2.29. The van der Waals surface area contributed by atoms with Crippen molar-refractivity contribution < 1.29 is 36.2 Å². The van der Waals surface area contributed by atoms with Gasteiger partial charge in [-0.3, -0.25) is 0 Å². The van der Waals surface area contributed by atoms with E-state index in [9.17, 15) is 26.4 Å². The first-order valence-corrected chi connectivity index (χ1v) is 7.47. The minimum atomic E-state index is -4.66. The molecule has 1 atom stereocenters. The molecule has 1 aromatic carbocycles. The highest BCUT2D eigenvalue weighted by Gasteiger charge is 2.38. The van der Waals surface area contributed by atoms with Gasteiger partial charge in [0.2, 0.25) is 0 Å². The molecule has 0 unspecified atom stereocenters. The minimum Gasteiger partial charge on any atom is -0.480 e. The lowest BCUT2D eigenvalue weighted by atomic mass is 10.2. The van der Waals surface area contributed by atoms with E-state index in [2.05, 4.69) is 4.74 Å². The third-order valence-corrected chi connectivity index (χ3v) is 4.42. The Kier molecular flexibility index (Phi) is 4.87. The van der Waals surface area contributed by atoms with Gasteiger partial charge < -0.3 is 9.84 Å². The van der Waals surface area contributed by atoms with E-state index in [1.807, 2.05) is 0 Å². The first-order chi connectivity index (χ1) is 9.49. The fourth-order valence-electron chi connectivity index (χ4n) is 1.40. The highest BCUT2D eigenvalue weighted by molar-refractivity contribution is 7.91. The molecule has 1 rings (SSSR count). The van der Waals surface area contributed by atoms with Crippen molar-refractivity contribution in [2.45, 2.75) is 31.0 Å². The number of carboxylic acids is 1. The number of aromatic carboxylic acids is 1. The molecular weight excluding hydrogens is 313 g/mol. The average molecular weight is 326 g/mol. The fourth-order valence-corrected chi connectivity index (χ4v) is 2.30. The van der Waals surface area contributed by atoms with Crippen molar-refractivity contribution in [3.8, 4) is 5.75 Å². The Morgan fingerprint density at radius 2 is 1.95 bits per heavy atom. The standard InChI is InChI=1S/C12H13F3O5S/c1-3-21(18,19)8-4-5-10(9(6-8)11(16)17)20-7(2)12(13,14)15/h4-7H,3H2,1-2H3,(H,16,17)/t7-/m0/s1. The van der Waals surface area contributed by atoms with Crippen LogP contribution in [-0.2, 0) is 9.84 Å². The molecule has 0 saturated heterocycles. The summed E-state index contributed by atoms with van der Waals surface area (Å²) in [6.45, 7) is 2.09. The molecule has 1 aromatic rings. The molecule has 0 bridgehead atoms. The number of hydrogen-bond donors (Lipinski definition) is 1. The van der Waals surface area contributed by atoms with Crippen LogP contribution in [0.4, 0.5) is 13.2 Å². The van der Waals surface area contributed by atoms with Gasteiger partial charge in [-0.1, -0.05) is 6.92 Å². The smallest absolute Gasteiger partial charge is 0.425 e. The van der Waals surface area contributed by atoms with E-state index in [4.69, 9.17) is 5.11 Å². The third kappa shape index (κ3) is 4.10. The second-order valence-corrected chi connectivity index (χ2v) is 6.45. The topological polar surface area (TPSA) is 80.7 Å². The zero-order chi connectivity index (χ0) is 16.4. The van der Waals surface area contributed by atoms with Crippen LogP contribution in [0.1, 0.15) is 24.2 Å². The summed E-state index contributed by atoms with van der Waals surface area (Å²) in [5.41, 5.74) is -0.638. The van der Waals surface area contributed by atoms with Crippen molar-refractivity contribution in [2.24, 2.45) is 0 Å². The van der Waals surface area contributed by atoms with Crippen LogP contribution in [0.2, 0.25) is 0 Å². The minimum absolute atomic E-state index is 0.259. The van der Waals surface area contributed by atoms with Crippen LogP contribution >= 0.6 is 0 Å². The maximum absolute atomic E-state index is 12.4. The first kappa shape index (κ1) is 17.3. The molecule has 21 heavy (non-hydrogen) atoms. The quantitative estimate of drug-likeness (QED) is 0.899. The number of alkyl halides is 3. The number of rotatable bonds is 5. The Labute approximate surface area is 119 Å². The van der Waals surface area contributed by atoms with Crippen LogP contribution < -0.4 is 4.74 Å². The van der Waals surface area contributed by atoms with Gasteiger partial charge >= 0.3 is 12.1 Å². The van der Waals surface area contributed by atoms with Gasteiger partial charge in [0.1, 0.15) is 11.3 Å². The lowest BCUT2D eigenvalue weighted by Crippen LogP contribution is -2.31. The zero-order valence-electron chi connectivity index (χ0n) is 11.1. The number of hydrogen-bond acceptors (Lipinski definition) is 4. The number of carbonyl (C=O) groups is 1. The molecule has 1 N–H and O–H groups in total. The molecule has 0 heterocycles. The third-order valence-electron chi connectivity index (χ3n) is 2.69. The average Bonchev–Trinajstić information content (AvgIpc) is 2.37. The summed E-state index contributed by atoms with van der Waals surface area (Å²) in [4.78, 5) is 10.8. The van der Waals surface area contributed by atoms with Gasteiger partial charge in [-0.2, -0.15) is 13.2 Å². The van der Waals surface area contributed by atoms with E-state index in [0.717, 1.165) is 25.1 Å². The Hall–Kier alpha value is -1.77. The Morgan fingerprint density at radius 3 is 2.38 bits per heavy atom. The summed E-state index contributed by atoms with van der Waals surface area (Å²) < 4.78 is 65.1. The van der Waals surface area contributed by atoms with Gasteiger partial charge in [-0.05, 0) is 25.1 Å². The number of halogens is 3. The molecule has 0 aliphatic rings. The lowest BCUT2D eigenvalue weighted by molar-refractivity contribution is -0.189.